The van der Waals surface area contributed by atoms with Crippen LogP contribution in [0.2, 0.25) is 0 Å². The van der Waals surface area contributed by atoms with Crippen molar-refractivity contribution in [3.63, 3.8) is 0 Å². The minimum Gasteiger partial charge on any atom is -0.465 e. The number of nitrogens with zero attached hydrogens (tertiary/aromatic N) is 2. The predicted molar refractivity (Wildman–Crippen MR) is 69.1 cm³/mol. The van der Waals surface area contributed by atoms with Crippen LogP contribution < -0.4 is 5.73 Å². The predicted octanol–water partition coefficient (Wildman–Crippen LogP) is 1.15. The van der Waals surface area contributed by atoms with E-state index in [1.165, 1.54) is 0 Å². The van der Waals surface area contributed by atoms with E-state index in [4.69, 9.17) is 15.0 Å². The zero-order valence-corrected chi connectivity index (χ0v) is 11.5. The number of aromatic nitrogens is 2. The highest BCUT2D eigenvalue weighted by atomic mass is 32.2. The molecule has 6 nitrogen and oxygen atoms in total. The zero-order chi connectivity index (χ0) is 13.4. The van der Waals surface area contributed by atoms with Crippen molar-refractivity contribution < 1.29 is 14.1 Å². The number of hydrogen-bond donors (Lipinski definition) is 1. The van der Waals surface area contributed by atoms with Crippen LogP contribution in [-0.2, 0) is 21.7 Å². The molecule has 0 saturated heterocycles. The monoisotopic (exact) mass is 273 g/mol. The van der Waals surface area contributed by atoms with E-state index in [1.807, 2.05) is 6.92 Å². The Kier molecular flexibility index (Phi) is 6.74. The maximum absolute atomic E-state index is 11.3. The molecule has 0 aliphatic carbocycles. The van der Waals surface area contributed by atoms with E-state index >= 15 is 0 Å². The normalized spacial score (nSPS) is 12.4. The molecule has 0 saturated carbocycles. The van der Waals surface area contributed by atoms with E-state index in [0.29, 0.717) is 30.5 Å². The SMILES string of the molecule is CCOC(=O)C(N)CCSCc1noc(CC)n1. The molecule has 0 bridgehead atoms. The molecule has 0 amide bonds. The molecule has 7 heteroatoms. The smallest absolute Gasteiger partial charge is 0.322 e. The number of aryl methyl sites for hydroxylation is 1. The van der Waals surface area contributed by atoms with Gasteiger partial charge in [0.2, 0.25) is 5.89 Å². The summed E-state index contributed by atoms with van der Waals surface area (Å²) in [4.78, 5) is 15.4. The minimum absolute atomic E-state index is 0.342. The van der Waals surface area contributed by atoms with Crippen molar-refractivity contribution in [3.8, 4) is 0 Å². The lowest BCUT2D eigenvalue weighted by molar-refractivity contribution is -0.144. The van der Waals surface area contributed by atoms with Gasteiger partial charge in [-0.1, -0.05) is 12.1 Å². The highest BCUT2D eigenvalue weighted by Gasteiger charge is 2.14. The van der Waals surface area contributed by atoms with Gasteiger partial charge in [-0.05, 0) is 19.1 Å². The molecule has 18 heavy (non-hydrogen) atoms. The minimum atomic E-state index is -0.547. The highest BCUT2D eigenvalue weighted by Crippen LogP contribution is 2.11. The molecule has 2 N–H and O–H groups in total. The largest absolute Gasteiger partial charge is 0.465 e. The fraction of sp³-hybridized carbons (Fsp3) is 0.727. The van der Waals surface area contributed by atoms with Gasteiger partial charge in [0.05, 0.1) is 12.4 Å². The van der Waals surface area contributed by atoms with Crippen molar-refractivity contribution in [2.45, 2.75) is 38.5 Å². The Bertz CT molecular complexity index is 370. The molecule has 1 heterocycles. The van der Waals surface area contributed by atoms with Crippen LogP contribution in [0.25, 0.3) is 0 Å². The van der Waals surface area contributed by atoms with Gasteiger partial charge in [0, 0.05) is 6.42 Å². The quantitative estimate of drug-likeness (QED) is 0.561. The molecule has 0 radical (unpaired) electrons. The highest BCUT2D eigenvalue weighted by molar-refractivity contribution is 7.98. The summed E-state index contributed by atoms with van der Waals surface area (Å²) in [5.74, 6) is 2.41. The van der Waals surface area contributed by atoms with E-state index in [1.54, 1.807) is 18.7 Å². The molecular weight excluding hydrogens is 254 g/mol. The fourth-order valence-corrected chi connectivity index (χ4v) is 2.10. The summed E-state index contributed by atoms with van der Waals surface area (Å²) in [7, 11) is 0. The molecule has 1 rings (SSSR count). The molecule has 1 aromatic rings. The van der Waals surface area contributed by atoms with Crippen molar-refractivity contribution in [2.24, 2.45) is 5.73 Å². The Labute approximate surface area is 111 Å². The van der Waals surface area contributed by atoms with E-state index in [9.17, 15) is 4.79 Å². The second-order valence-electron chi connectivity index (χ2n) is 3.66. The summed E-state index contributed by atoms with van der Waals surface area (Å²) in [5.41, 5.74) is 5.67. The summed E-state index contributed by atoms with van der Waals surface area (Å²) in [5, 5.41) is 3.84. The van der Waals surface area contributed by atoms with Crippen LogP contribution >= 0.6 is 11.8 Å². The van der Waals surface area contributed by atoms with Gasteiger partial charge in [0.1, 0.15) is 6.04 Å². The van der Waals surface area contributed by atoms with Gasteiger partial charge in [0.25, 0.3) is 0 Å². The maximum atomic E-state index is 11.3. The van der Waals surface area contributed by atoms with Gasteiger partial charge in [-0.3, -0.25) is 4.79 Å². The lowest BCUT2D eigenvalue weighted by atomic mass is 10.2. The number of esters is 1. The Balaban J connectivity index is 2.16. The van der Waals surface area contributed by atoms with Gasteiger partial charge < -0.3 is 15.0 Å². The Morgan fingerprint density at radius 2 is 2.33 bits per heavy atom. The second-order valence-corrected chi connectivity index (χ2v) is 4.76. The van der Waals surface area contributed by atoms with Crippen LogP contribution in [0.15, 0.2) is 4.52 Å². The summed E-state index contributed by atoms with van der Waals surface area (Å²) in [6, 6.07) is -0.547. The van der Waals surface area contributed by atoms with E-state index in [0.717, 1.165) is 12.2 Å². The summed E-state index contributed by atoms with van der Waals surface area (Å²) in [6.45, 7) is 4.09. The van der Waals surface area contributed by atoms with Gasteiger partial charge >= 0.3 is 5.97 Å². The Morgan fingerprint density at radius 3 is 2.94 bits per heavy atom. The Hall–Kier alpha value is -1.08. The Morgan fingerprint density at radius 1 is 1.56 bits per heavy atom. The average molecular weight is 273 g/mol. The van der Waals surface area contributed by atoms with Crippen molar-refractivity contribution in [3.05, 3.63) is 11.7 Å². The molecule has 0 spiro atoms. The summed E-state index contributed by atoms with van der Waals surface area (Å²) >= 11 is 1.62. The first kappa shape index (κ1) is 15.0. The third-order valence-corrected chi connectivity index (χ3v) is 3.19. The van der Waals surface area contributed by atoms with Gasteiger partial charge in [0.15, 0.2) is 5.82 Å². The molecule has 0 aliphatic heterocycles. The molecule has 0 aromatic carbocycles. The lowest BCUT2D eigenvalue weighted by Gasteiger charge is -2.09. The molecule has 1 unspecified atom stereocenters. The number of hydrogen-bond acceptors (Lipinski definition) is 7. The van der Waals surface area contributed by atoms with E-state index in [2.05, 4.69) is 10.1 Å². The standard InChI is InChI=1S/C11H19N3O3S/c1-3-10-13-9(14-17-10)7-18-6-5-8(12)11(15)16-4-2/h8H,3-7,12H2,1-2H3. The first-order valence-electron chi connectivity index (χ1n) is 5.98. The van der Waals surface area contributed by atoms with Gasteiger partial charge in [-0.15, -0.1) is 0 Å². The molecule has 0 aliphatic rings. The first-order chi connectivity index (χ1) is 8.67. The number of carbonyl (C=O) groups excluding carboxylic acids is 1. The topological polar surface area (TPSA) is 91.2 Å². The van der Waals surface area contributed by atoms with E-state index in [-0.39, 0.29) is 5.97 Å². The number of nitrogens with two attached hydrogens (primary N) is 1. The van der Waals surface area contributed by atoms with Crippen molar-refractivity contribution in [2.75, 3.05) is 12.4 Å². The fourth-order valence-electron chi connectivity index (χ4n) is 1.23. The molecule has 0 fully saturated rings. The molecular formula is C11H19N3O3S. The molecule has 102 valence electrons. The second kappa shape index (κ2) is 8.10. The number of ether oxygens (including phenoxy) is 1. The van der Waals surface area contributed by atoms with Crippen LogP contribution in [0.1, 0.15) is 32.0 Å². The van der Waals surface area contributed by atoms with Crippen LogP contribution in [0.4, 0.5) is 0 Å². The van der Waals surface area contributed by atoms with Crippen LogP contribution in [0, 0.1) is 0 Å². The van der Waals surface area contributed by atoms with Crippen LogP contribution in [0.5, 0.6) is 0 Å². The van der Waals surface area contributed by atoms with Gasteiger partial charge in [-0.25, -0.2) is 0 Å². The first-order valence-corrected chi connectivity index (χ1v) is 7.14. The zero-order valence-electron chi connectivity index (χ0n) is 10.7. The molecule has 1 aromatic heterocycles. The number of carbonyl (C=O) groups is 1. The third kappa shape index (κ3) is 5.05. The average Bonchev–Trinajstić information content (AvgIpc) is 2.82. The molecule has 1 atom stereocenters. The summed E-state index contributed by atoms with van der Waals surface area (Å²) in [6.07, 6.45) is 1.33. The van der Waals surface area contributed by atoms with E-state index < -0.39 is 6.04 Å². The van der Waals surface area contributed by atoms with Crippen molar-refractivity contribution in [1.82, 2.24) is 10.1 Å². The third-order valence-electron chi connectivity index (χ3n) is 2.21. The van der Waals surface area contributed by atoms with Crippen LogP contribution in [-0.4, -0.2) is 34.5 Å². The van der Waals surface area contributed by atoms with Crippen molar-refractivity contribution >= 4 is 17.7 Å². The number of rotatable bonds is 8. The van der Waals surface area contributed by atoms with Crippen molar-refractivity contribution in [1.29, 1.82) is 0 Å². The van der Waals surface area contributed by atoms with Crippen LogP contribution in [0.3, 0.4) is 0 Å². The van der Waals surface area contributed by atoms with Gasteiger partial charge in [-0.2, -0.15) is 16.7 Å². The number of thioether (sulfide) groups is 1. The summed E-state index contributed by atoms with van der Waals surface area (Å²) < 4.78 is 9.81. The lowest BCUT2D eigenvalue weighted by Crippen LogP contribution is -2.32. The maximum Gasteiger partial charge on any atom is 0.322 e.